The molecule has 10 nitrogen and oxygen atoms in total. The predicted octanol–water partition coefficient (Wildman–Crippen LogP) is 3.75. The molecule has 1 atom stereocenters. The number of pyridine rings is 2. The van der Waals surface area contributed by atoms with Crippen LogP contribution in [0.15, 0.2) is 71.6 Å². The van der Waals surface area contributed by atoms with Crippen LogP contribution < -0.4 is 16.2 Å². The van der Waals surface area contributed by atoms with Crippen LogP contribution in [0.2, 0.25) is 0 Å². The second kappa shape index (κ2) is 10.3. The minimum Gasteiger partial charge on any atom is -0.335 e. The molecule has 1 unspecified atom stereocenters. The van der Waals surface area contributed by atoms with Gasteiger partial charge in [-0.2, -0.15) is 0 Å². The summed E-state index contributed by atoms with van der Waals surface area (Å²) >= 11 is 0. The number of halogens is 1. The number of anilines is 1. The summed E-state index contributed by atoms with van der Waals surface area (Å²) in [4.78, 5) is 36.7. The van der Waals surface area contributed by atoms with Gasteiger partial charge in [0.05, 0.1) is 23.1 Å². The van der Waals surface area contributed by atoms with Gasteiger partial charge in [0.15, 0.2) is 11.5 Å². The number of hydrazine groups is 1. The van der Waals surface area contributed by atoms with E-state index in [4.69, 9.17) is 4.98 Å². The fraction of sp³-hybridized carbons (Fsp3) is 0.233. The minimum atomic E-state index is -0.288. The number of fused-ring (bicyclic) bond motifs is 2. The largest absolute Gasteiger partial charge is 0.335 e. The number of aliphatic imine (C=N–C) groups is 1. The van der Waals surface area contributed by atoms with Crippen molar-refractivity contribution in [2.45, 2.75) is 19.0 Å². The number of H-pyrrole nitrogens is 1. The first-order valence-corrected chi connectivity index (χ1v) is 13.6. The van der Waals surface area contributed by atoms with E-state index in [1.54, 1.807) is 36.9 Å². The number of rotatable bonds is 5. The number of aromatic nitrogens is 4. The molecule has 1 saturated heterocycles. The lowest BCUT2D eigenvalue weighted by Gasteiger charge is -2.28. The quantitative estimate of drug-likeness (QED) is 0.299. The highest BCUT2D eigenvalue weighted by Gasteiger charge is 2.29. The van der Waals surface area contributed by atoms with Crippen molar-refractivity contribution in [2.24, 2.45) is 10.9 Å². The van der Waals surface area contributed by atoms with Gasteiger partial charge < -0.3 is 20.6 Å². The van der Waals surface area contributed by atoms with E-state index in [0.717, 1.165) is 65.0 Å². The van der Waals surface area contributed by atoms with Gasteiger partial charge in [0.25, 0.3) is 0 Å². The number of carbonyl (C=O) groups excluding carboxylic acids is 1. The predicted molar refractivity (Wildman–Crippen MR) is 156 cm³/mol. The number of carbonyl (C=O) groups is 1. The maximum atomic E-state index is 13.5. The van der Waals surface area contributed by atoms with Gasteiger partial charge in [-0.1, -0.05) is 12.1 Å². The lowest BCUT2D eigenvalue weighted by atomic mass is 9.96. The van der Waals surface area contributed by atoms with E-state index in [9.17, 15) is 9.18 Å². The molecule has 7 rings (SSSR count). The molecule has 3 aliphatic heterocycles. The number of amides is 1. The van der Waals surface area contributed by atoms with Crippen LogP contribution in [0.4, 0.5) is 10.1 Å². The average Bonchev–Trinajstić information content (AvgIpc) is 3.62. The minimum absolute atomic E-state index is 0.0105. The zero-order chi connectivity index (χ0) is 27.9. The van der Waals surface area contributed by atoms with Crippen molar-refractivity contribution in [1.29, 1.82) is 0 Å². The molecule has 1 aromatic carbocycles. The first kappa shape index (κ1) is 25.2. The number of hydrogen-bond acceptors (Lipinski definition) is 8. The van der Waals surface area contributed by atoms with Crippen LogP contribution in [0.25, 0.3) is 33.6 Å². The van der Waals surface area contributed by atoms with Crippen LogP contribution in [-0.2, 0) is 4.79 Å². The SMILES string of the molecule is CN1CCC(C(=O)Nc2cncc(C3=CC4=C(c5nc6nccc(-c7ccc(F)cc7)c6[nH]5)NNC4N=C3)c2)CC1. The zero-order valence-electron chi connectivity index (χ0n) is 22.4. The van der Waals surface area contributed by atoms with Crippen LogP contribution in [0.5, 0.6) is 0 Å². The van der Waals surface area contributed by atoms with E-state index in [2.05, 4.69) is 48.1 Å². The molecule has 41 heavy (non-hydrogen) atoms. The Balaban J connectivity index is 1.18. The van der Waals surface area contributed by atoms with Crippen LogP contribution in [-0.4, -0.2) is 63.3 Å². The molecule has 0 saturated carbocycles. The highest BCUT2D eigenvalue weighted by atomic mass is 19.1. The van der Waals surface area contributed by atoms with Gasteiger partial charge in [-0.15, -0.1) is 0 Å². The Morgan fingerprint density at radius 1 is 1.10 bits per heavy atom. The van der Waals surface area contributed by atoms with E-state index in [1.165, 1.54) is 12.1 Å². The number of dihydropyridines is 1. The highest BCUT2D eigenvalue weighted by Crippen LogP contribution is 2.32. The molecule has 0 radical (unpaired) electrons. The van der Waals surface area contributed by atoms with E-state index in [0.29, 0.717) is 17.2 Å². The smallest absolute Gasteiger partial charge is 0.227 e. The number of hydrogen-bond donors (Lipinski definition) is 4. The van der Waals surface area contributed by atoms with Crippen LogP contribution in [0.3, 0.4) is 0 Å². The number of allylic oxidation sites excluding steroid dienone is 1. The summed E-state index contributed by atoms with van der Waals surface area (Å²) < 4.78 is 13.5. The fourth-order valence-electron chi connectivity index (χ4n) is 5.49. The maximum absolute atomic E-state index is 13.5. The molecule has 1 amide bonds. The second-order valence-corrected chi connectivity index (χ2v) is 10.6. The van der Waals surface area contributed by atoms with Crippen molar-refractivity contribution < 1.29 is 9.18 Å². The average molecular weight is 550 g/mol. The van der Waals surface area contributed by atoms with Gasteiger partial charge in [0, 0.05) is 46.8 Å². The zero-order valence-corrected chi connectivity index (χ0v) is 22.4. The molecule has 0 spiro atoms. The van der Waals surface area contributed by atoms with Crippen molar-refractivity contribution >= 4 is 40.2 Å². The summed E-state index contributed by atoms with van der Waals surface area (Å²) in [7, 11) is 2.08. The molecule has 1 fully saturated rings. The van der Waals surface area contributed by atoms with Crippen molar-refractivity contribution in [3.63, 3.8) is 0 Å². The Morgan fingerprint density at radius 3 is 2.76 bits per heavy atom. The summed E-state index contributed by atoms with van der Waals surface area (Å²) in [6.07, 6.45) is 10.4. The number of nitrogens with zero attached hydrogens (tertiary/aromatic N) is 5. The molecule has 0 bridgehead atoms. The number of aromatic amines is 1. The maximum Gasteiger partial charge on any atom is 0.227 e. The molecule has 0 aliphatic carbocycles. The van der Waals surface area contributed by atoms with Crippen molar-refractivity contribution in [2.75, 3.05) is 25.5 Å². The van der Waals surface area contributed by atoms with Gasteiger partial charge in [0.2, 0.25) is 5.91 Å². The van der Waals surface area contributed by atoms with Crippen LogP contribution >= 0.6 is 0 Å². The fourth-order valence-corrected chi connectivity index (χ4v) is 5.49. The van der Waals surface area contributed by atoms with Crippen molar-refractivity contribution in [3.05, 3.63) is 83.8 Å². The molecule has 3 aliphatic rings. The molecule has 206 valence electrons. The first-order chi connectivity index (χ1) is 20.0. The Bertz CT molecular complexity index is 1730. The van der Waals surface area contributed by atoms with E-state index >= 15 is 0 Å². The number of nitrogens with one attached hydrogen (secondary N) is 4. The van der Waals surface area contributed by atoms with Gasteiger partial charge in [-0.25, -0.2) is 19.8 Å². The number of benzene rings is 1. The third kappa shape index (κ3) is 4.90. The van der Waals surface area contributed by atoms with Gasteiger partial charge in [-0.3, -0.25) is 14.8 Å². The topological polar surface area (TPSA) is 123 Å². The van der Waals surface area contributed by atoms with E-state index in [-0.39, 0.29) is 23.8 Å². The molecule has 3 aromatic heterocycles. The Hall–Kier alpha value is -4.74. The second-order valence-electron chi connectivity index (χ2n) is 10.6. The summed E-state index contributed by atoms with van der Waals surface area (Å²) in [5.74, 6) is 0.369. The molecular formula is C30H28FN9O. The summed E-state index contributed by atoms with van der Waals surface area (Å²) in [5, 5.41) is 3.05. The highest BCUT2D eigenvalue weighted by molar-refractivity contribution is 6.12. The molecule has 6 heterocycles. The van der Waals surface area contributed by atoms with Crippen molar-refractivity contribution in [3.8, 4) is 11.1 Å². The van der Waals surface area contributed by atoms with Crippen LogP contribution in [0.1, 0.15) is 24.2 Å². The Morgan fingerprint density at radius 2 is 1.93 bits per heavy atom. The Kier molecular flexibility index (Phi) is 6.37. The van der Waals surface area contributed by atoms with E-state index in [1.807, 2.05) is 18.2 Å². The number of piperidine rings is 1. The normalized spacial score (nSPS) is 19.3. The number of likely N-dealkylation sites (tertiary alicyclic amines) is 1. The summed E-state index contributed by atoms with van der Waals surface area (Å²) in [5.41, 5.74) is 13.5. The van der Waals surface area contributed by atoms with Gasteiger partial charge >= 0.3 is 0 Å². The monoisotopic (exact) mass is 549 g/mol. The van der Waals surface area contributed by atoms with Crippen LogP contribution in [0, 0.1) is 11.7 Å². The number of imidazole rings is 1. The summed E-state index contributed by atoms with van der Waals surface area (Å²) in [6.45, 7) is 1.85. The molecule has 4 N–H and O–H groups in total. The third-order valence-electron chi connectivity index (χ3n) is 7.80. The summed E-state index contributed by atoms with van der Waals surface area (Å²) in [6, 6.07) is 10.2. The lowest BCUT2D eigenvalue weighted by molar-refractivity contribution is -0.121. The van der Waals surface area contributed by atoms with Gasteiger partial charge in [-0.05, 0) is 68.9 Å². The van der Waals surface area contributed by atoms with E-state index < -0.39 is 0 Å². The van der Waals surface area contributed by atoms with Crippen molar-refractivity contribution in [1.82, 2.24) is 35.7 Å². The third-order valence-corrected chi connectivity index (χ3v) is 7.80. The molecule has 4 aromatic rings. The standard InChI is InChI=1S/C30H28FN9O/c1-40-10-7-18(8-11-40)30(41)35-22-12-19(14-32-16-22)20-13-24-26(38-39-27(24)34-15-20)29-36-25-23(6-9-33-28(25)37-29)17-2-4-21(31)5-3-17/h2-6,9,12-16,18,27,38-39H,7-8,10-11H2,1H3,(H,35,41)(H,33,36,37). The lowest BCUT2D eigenvalue weighted by Crippen LogP contribution is -2.35. The first-order valence-electron chi connectivity index (χ1n) is 13.6. The van der Waals surface area contributed by atoms with Gasteiger partial charge in [0.1, 0.15) is 12.0 Å². The molecule has 11 heteroatoms. The Labute approximate surface area is 235 Å². The molecular weight excluding hydrogens is 521 g/mol.